The second kappa shape index (κ2) is 14.9. The fourth-order valence-corrected chi connectivity index (χ4v) is 7.64. The van der Waals surface area contributed by atoms with Gasteiger partial charge in [-0.25, -0.2) is 19.9 Å². The van der Waals surface area contributed by atoms with Gasteiger partial charge in [-0.15, -0.1) is 0 Å². The SMILES string of the molecule is N#Cc1ccc2c3ccc(C#N)cc3n(-c3ccc(-c4cc(-c5ccccc5)nc(-c5ccccc5)n4)cc3-c3nc(-c4ccccc4)cc(-c4ccccc4)n3)c2c1. The van der Waals surface area contributed by atoms with Gasteiger partial charge in [-0.05, 0) is 48.5 Å². The predicted octanol–water partition coefficient (Wildman–Crippen LogP) is 12.1. The van der Waals surface area contributed by atoms with Gasteiger partial charge < -0.3 is 4.57 Å². The normalized spacial score (nSPS) is 11.0. The Morgan fingerprint density at radius 3 is 1.20 bits per heavy atom. The van der Waals surface area contributed by atoms with Crippen LogP contribution in [-0.4, -0.2) is 24.5 Å². The van der Waals surface area contributed by atoms with Crippen LogP contribution < -0.4 is 0 Å². The highest BCUT2D eigenvalue weighted by atomic mass is 15.0. The third kappa shape index (κ3) is 6.55. The zero-order valence-electron chi connectivity index (χ0n) is 31.5. The van der Waals surface area contributed by atoms with Crippen molar-refractivity contribution in [2.75, 3.05) is 0 Å². The van der Waals surface area contributed by atoms with Gasteiger partial charge in [0.2, 0.25) is 0 Å². The molecule has 0 aliphatic carbocycles. The van der Waals surface area contributed by atoms with E-state index in [9.17, 15) is 10.5 Å². The summed E-state index contributed by atoms with van der Waals surface area (Å²) < 4.78 is 2.12. The molecule has 274 valence electrons. The first-order chi connectivity index (χ1) is 29.1. The van der Waals surface area contributed by atoms with Gasteiger partial charge in [0.05, 0.1) is 62.8 Å². The van der Waals surface area contributed by atoms with E-state index in [2.05, 4.69) is 71.3 Å². The van der Waals surface area contributed by atoms with Crippen LogP contribution in [0.2, 0.25) is 0 Å². The largest absolute Gasteiger partial charge is 0.308 e. The predicted molar refractivity (Wildman–Crippen MR) is 234 cm³/mol. The van der Waals surface area contributed by atoms with E-state index >= 15 is 0 Å². The lowest BCUT2D eigenvalue weighted by molar-refractivity contribution is 1.13. The van der Waals surface area contributed by atoms with Crippen LogP contribution >= 0.6 is 0 Å². The lowest BCUT2D eigenvalue weighted by Gasteiger charge is -2.17. The highest BCUT2D eigenvalue weighted by Gasteiger charge is 2.21. The summed E-state index contributed by atoms with van der Waals surface area (Å²) in [5.74, 6) is 1.11. The van der Waals surface area contributed by atoms with E-state index in [0.717, 1.165) is 83.6 Å². The topological polar surface area (TPSA) is 104 Å². The maximum absolute atomic E-state index is 10.1. The first-order valence-electron chi connectivity index (χ1n) is 19.2. The molecule has 0 radical (unpaired) electrons. The van der Waals surface area contributed by atoms with Gasteiger partial charge in [-0.2, -0.15) is 10.5 Å². The molecule has 10 rings (SSSR count). The molecule has 59 heavy (non-hydrogen) atoms. The molecule has 3 heterocycles. The van der Waals surface area contributed by atoms with Gasteiger partial charge in [0.25, 0.3) is 0 Å². The van der Waals surface area contributed by atoms with Crippen LogP contribution in [-0.2, 0) is 0 Å². The molecule has 0 amide bonds. The third-order valence-electron chi connectivity index (χ3n) is 10.5. The van der Waals surface area contributed by atoms with Gasteiger partial charge in [0.1, 0.15) is 0 Å². The van der Waals surface area contributed by atoms with Crippen molar-refractivity contribution in [3.63, 3.8) is 0 Å². The first kappa shape index (κ1) is 34.9. The zero-order chi connectivity index (χ0) is 39.7. The molecule has 0 aliphatic rings. The fourth-order valence-electron chi connectivity index (χ4n) is 7.64. The molecule has 0 N–H and O–H groups in total. The Bertz CT molecular complexity index is 3090. The minimum absolute atomic E-state index is 0.505. The highest BCUT2D eigenvalue weighted by Crippen LogP contribution is 2.40. The Morgan fingerprint density at radius 2 is 0.763 bits per heavy atom. The maximum atomic E-state index is 10.1. The van der Waals surface area contributed by atoms with E-state index in [-0.39, 0.29) is 0 Å². The van der Waals surface area contributed by atoms with E-state index < -0.39 is 0 Å². The van der Waals surface area contributed by atoms with E-state index in [1.807, 2.05) is 133 Å². The van der Waals surface area contributed by atoms with Crippen molar-refractivity contribution in [3.8, 4) is 85.6 Å². The Balaban J connectivity index is 1.30. The summed E-state index contributed by atoms with van der Waals surface area (Å²) in [6, 6.07) is 66.7. The summed E-state index contributed by atoms with van der Waals surface area (Å²) in [5.41, 5.74) is 11.9. The minimum atomic E-state index is 0.505. The highest BCUT2D eigenvalue weighted by molar-refractivity contribution is 6.10. The van der Waals surface area contributed by atoms with Crippen molar-refractivity contribution in [1.29, 1.82) is 10.5 Å². The number of fused-ring (bicyclic) bond motifs is 3. The van der Waals surface area contributed by atoms with Crippen molar-refractivity contribution in [1.82, 2.24) is 24.5 Å². The molecule has 0 fully saturated rings. The number of benzene rings is 7. The van der Waals surface area contributed by atoms with Crippen LogP contribution in [0.1, 0.15) is 11.1 Å². The van der Waals surface area contributed by atoms with E-state index in [4.69, 9.17) is 19.9 Å². The Labute approximate surface area is 340 Å². The second-order valence-electron chi connectivity index (χ2n) is 14.1. The Morgan fingerprint density at radius 1 is 0.356 bits per heavy atom. The standard InChI is InChI=1S/C52H31N7/c53-32-34-21-24-41-42-25-22-35(33-54)28-50(42)59(49(41)27-34)48-26-23-40(47-31-44(36-13-5-1-6-14-36)55-51(56-47)39-19-11-4-12-20-39)29-43(48)52-57-45(37-15-7-2-8-16-37)30-46(58-52)38-17-9-3-10-18-38/h1-31H. The molecule has 0 saturated heterocycles. The van der Waals surface area contributed by atoms with Crippen molar-refractivity contribution >= 4 is 21.8 Å². The molecule has 0 saturated carbocycles. The van der Waals surface area contributed by atoms with Crippen molar-refractivity contribution in [2.24, 2.45) is 0 Å². The summed E-state index contributed by atoms with van der Waals surface area (Å²) in [6.07, 6.45) is 0. The second-order valence-corrected chi connectivity index (χ2v) is 14.1. The quantitative estimate of drug-likeness (QED) is 0.160. The summed E-state index contributed by atoms with van der Waals surface area (Å²) in [6.45, 7) is 0. The average molecular weight is 754 g/mol. The number of nitrogens with zero attached hydrogens (tertiary/aromatic N) is 7. The van der Waals surface area contributed by atoms with Crippen molar-refractivity contribution < 1.29 is 0 Å². The van der Waals surface area contributed by atoms with Gasteiger partial charge in [0.15, 0.2) is 11.6 Å². The van der Waals surface area contributed by atoms with Gasteiger partial charge in [-0.1, -0.05) is 140 Å². The molecule has 0 spiro atoms. The zero-order valence-corrected chi connectivity index (χ0v) is 31.5. The molecular formula is C52H31N7. The summed E-state index contributed by atoms with van der Waals surface area (Å²) in [4.78, 5) is 20.8. The monoisotopic (exact) mass is 753 g/mol. The van der Waals surface area contributed by atoms with Crippen LogP contribution in [0.15, 0.2) is 188 Å². The Hall–Kier alpha value is -8.52. The summed E-state index contributed by atoms with van der Waals surface area (Å²) in [7, 11) is 0. The number of aromatic nitrogens is 5. The molecule has 3 aromatic heterocycles. The number of hydrogen-bond donors (Lipinski definition) is 0. The number of rotatable bonds is 7. The lowest BCUT2D eigenvalue weighted by atomic mass is 10.0. The van der Waals surface area contributed by atoms with Crippen LogP contribution in [0.3, 0.4) is 0 Å². The van der Waals surface area contributed by atoms with Crippen LogP contribution in [0, 0.1) is 22.7 Å². The summed E-state index contributed by atoms with van der Waals surface area (Å²) in [5, 5.41) is 22.0. The Kier molecular flexibility index (Phi) is 8.80. The molecule has 7 heteroatoms. The van der Waals surface area contributed by atoms with Crippen LogP contribution in [0.25, 0.3) is 95.3 Å². The number of nitriles is 2. The molecule has 7 nitrogen and oxygen atoms in total. The number of hydrogen-bond acceptors (Lipinski definition) is 6. The van der Waals surface area contributed by atoms with E-state index in [1.165, 1.54) is 0 Å². The van der Waals surface area contributed by atoms with Crippen LogP contribution in [0.5, 0.6) is 0 Å². The van der Waals surface area contributed by atoms with Gasteiger partial charge >= 0.3 is 0 Å². The van der Waals surface area contributed by atoms with Gasteiger partial charge in [-0.3, -0.25) is 0 Å². The molecule has 0 atom stereocenters. The van der Waals surface area contributed by atoms with Crippen molar-refractivity contribution in [3.05, 3.63) is 199 Å². The maximum Gasteiger partial charge on any atom is 0.162 e. The summed E-state index contributed by atoms with van der Waals surface area (Å²) >= 11 is 0. The average Bonchev–Trinajstić information content (AvgIpc) is 3.64. The lowest BCUT2D eigenvalue weighted by Crippen LogP contribution is -2.03. The van der Waals surface area contributed by atoms with Crippen molar-refractivity contribution in [2.45, 2.75) is 0 Å². The van der Waals surface area contributed by atoms with Crippen LogP contribution in [0.4, 0.5) is 0 Å². The molecule has 7 aromatic carbocycles. The van der Waals surface area contributed by atoms with E-state index in [0.29, 0.717) is 22.8 Å². The minimum Gasteiger partial charge on any atom is -0.308 e. The fraction of sp³-hybridized carbons (Fsp3) is 0. The molecule has 10 aromatic rings. The smallest absolute Gasteiger partial charge is 0.162 e. The first-order valence-corrected chi connectivity index (χ1v) is 19.2. The molecule has 0 aliphatic heterocycles. The molecule has 0 unspecified atom stereocenters. The van der Waals surface area contributed by atoms with Gasteiger partial charge in [0, 0.05) is 44.2 Å². The third-order valence-corrected chi connectivity index (χ3v) is 10.5. The molecular weight excluding hydrogens is 723 g/mol. The van der Waals surface area contributed by atoms with E-state index in [1.54, 1.807) is 0 Å². The molecule has 0 bridgehead atoms.